The molecule has 8 nitrogen and oxygen atoms in total. The second-order valence-electron chi connectivity index (χ2n) is 6.10. The number of ether oxygens (including phenoxy) is 1. The number of rotatable bonds is 8. The van der Waals surface area contributed by atoms with Gasteiger partial charge in [0.15, 0.2) is 0 Å². The molecule has 1 fully saturated rings. The van der Waals surface area contributed by atoms with Gasteiger partial charge in [0.25, 0.3) is 5.69 Å². The van der Waals surface area contributed by atoms with Crippen molar-refractivity contribution in [1.82, 2.24) is 0 Å². The quantitative estimate of drug-likeness (QED) is 0.404. The molecule has 0 unspecified atom stereocenters. The lowest BCUT2D eigenvalue weighted by atomic mass is 10.1. The van der Waals surface area contributed by atoms with Crippen LogP contribution in [0.15, 0.2) is 29.6 Å². The molecule has 0 aliphatic heterocycles. The molecule has 1 saturated carbocycles. The highest BCUT2D eigenvalue weighted by atomic mass is 32.1. The maximum atomic E-state index is 12.3. The van der Waals surface area contributed by atoms with Gasteiger partial charge in [-0.05, 0) is 42.7 Å². The molecular formula is C18H19N3O5S. The van der Waals surface area contributed by atoms with Crippen molar-refractivity contribution < 1.29 is 19.2 Å². The van der Waals surface area contributed by atoms with Crippen LogP contribution in [0.3, 0.4) is 0 Å². The Kier molecular flexibility index (Phi) is 5.70. The van der Waals surface area contributed by atoms with Gasteiger partial charge in [-0.15, -0.1) is 11.3 Å². The Labute approximate surface area is 159 Å². The molecule has 2 aromatic rings. The van der Waals surface area contributed by atoms with Gasteiger partial charge in [-0.3, -0.25) is 14.9 Å². The van der Waals surface area contributed by atoms with Crippen molar-refractivity contribution in [3.8, 4) is 0 Å². The zero-order chi connectivity index (χ0) is 19.4. The second kappa shape index (κ2) is 8.17. The van der Waals surface area contributed by atoms with Crippen LogP contribution in [-0.2, 0) is 9.53 Å². The number of non-ortho nitro benzene ring substituents is 1. The Bertz CT molecular complexity index is 876. The van der Waals surface area contributed by atoms with Crippen LogP contribution in [0.2, 0.25) is 0 Å². The third kappa shape index (κ3) is 4.62. The summed E-state index contributed by atoms with van der Waals surface area (Å²) in [6.07, 6.45) is 2.07. The SMILES string of the molecule is CCOC(=O)c1c(C2CC2)csc1NC(=O)CNc1cccc([N+](=O)[O-])c1. The predicted molar refractivity (Wildman–Crippen MR) is 102 cm³/mol. The molecule has 0 spiro atoms. The zero-order valence-electron chi connectivity index (χ0n) is 14.7. The van der Waals surface area contributed by atoms with Gasteiger partial charge in [-0.1, -0.05) is 6.07 Å². The third-order valence-corrected chi connectivity index (χ3v) is 4.99. The molecule has 1 aromatic heterocycles. The highest BCUT2D eigenvalue weighted by molar-refractivity contribution is 7.15. The summed E-state index contributed by atoms with van der Waals surface area (Å²) in [5.74, 6) is -0.423. The summed E-state index contributed by atoms with van der Waals surface area (Å²) in [5, 5.41) is 18.8. The van der Waals surface area contributed by atoms with Gasteiger partial charge in [0.05, 0.1) is 23.6 Å². The minimum Gasteiger partial charge on any atom is -0.462 e. The van der Waals surface area contributed by atoms with E-state index in [1.54, 1.807) is 19.1 Å². The van der Waals surface area contributed by atoms with Crippen molar-refractivity contribution in [2.75, 3.05) is 23.8 Å². The lowest BCUT2D eigenvalue weighted by Crippen LogP contribution is -2.22. The van der Waals surface area contributed by atoms with E-state index in [1.807, 2.05) is 5.38 Å². The lowest BCUT2D eigenvalue weighted by Gasteiger charge is -2.09. The molecule has 3 rings (SSSR count). The van der Waals surface area contributed by atoms with Crippen LogP contribution < -0.4 is 10.6 Å². The number of thiophene rings is 1. The Morgan fingerprint density at radius 1 is 1.37 bits per heavy atom. The summed E-state index contributed by atoms with van der Waals surface area (Å²) in [5.41, 5.74) is 1.78. The topological polar surface area (TPSA) is 111 Å². The van der Waals surface area contributed by atoms with E-state index in [-0.39, 0.29) is 24.7 Å². The molecule has 1 aromatic carbocycles. The van der Waals surface area contributed by atoms with Gasteiger partial charge in [0.1, 0.15) is 5.00 Å². The summed E-state index contributed by atoms with van der Waals surface area (Å²) in [7, 11) is 0. The van der Waals surface area contributed by atoms with Crippen LogP contribution in [0.4, 0.5) is 16.4 Å². The summed E-state index contributed by atoms with van der Waals surface area (Å²) in [4.78, 5) is 34.9. The highest BCUT2D eigenvalue weighted by Crippen LogP contribution is 2.46. The van der Waals surface area contributed by atoms with Crippen molar-refractivity contribution in [2.24, 2.45) is 0 Å². The molecule has 0 radical (unpaired) electrons. The average molecular weight is 389 g/mol. The number of carbonyl (C=O) groups excluding carboxylic acids is 2. The largest absolute Gasteiger partial charge is 0.462 e. The maximum Gasteiger partial charge on any atom is 0.341 e. The molecule has 2 N–H and O–H groups in total. The lowest BCUT2D eigenvalue weighted by molar-refractivity contribution is -0.384. The van der Waals surface area contributed by atoms with Crippen LogP contribution in [0.25, 0.3) is 0 Å². The molecule has 1 aliphatic carbocycles. The van der Waals surface area contributed by atoms with Gasteiger partial charge < -0.3 is 15.4 Å². The van der Waals surface area contributed by atoms with Crippen LogP contribution in [0.1, 0.15) is 41.6 Å². The second-order valence-corrected chi connectivity index (χ2v) is 6.98. The number of esters is 1. The standard InChI is InChI=1S/C18H19N3O5S/c1-2-26-18(23)16-14(11-6-7-11)10-27-17(16)20-15(22)9-19-12-4-3-5-13(8-12)21(24)25/h3-5,8,10-11,19H,2,6-7,9H2,1H3,(H,20,22). The van der Waals surface area contributed by atoms with E-state index < -0.39 is 10.9 Å². The molecule has 0 bridgehead atoms. The number of nitrogens with one attached hydrogen (secondary N) is 2. The predicted octanol–water partition coefficient (Wildman–Crippen LogP) is 3.76. The molecular weight excluding hydrogens is 370 g/mol. The monoisotopic (exact) mass is 389 g/mol. The average Bonchev–Trinajstić information content (AvgIpc) is 3.41. The maximum absolute atomic E-state index is 12.3. The van der Waals surface area contributed by atoms with Crippen LogP contribution in [0.5, 0.6) is 0 Å². The first-order chi connectivity index (χ1) is 13.0. The van der Waals surface area contributed by atoms with Crippen molar-refractivity contribution in [3.63, 3.8) is 0 Å². The van der Waals surface area contributed by atoms with E-state index in [4.69, 9.17) is 4.74 Å². The van der Waals surface area contributed by atoms with Crippen molar-refractivity contribution in [1.29, 1.82) is 0 Å². The number of carbonyl (C=O) groups is 2. The number of anilines is 2. The third-order valence-electron chi connectivity index (χ3n) is 4.08. The van der Waals surface area contributed by atoms with Crippen LogP contribution in [0, 0.1) is 10.1 Å². The van der Waals surface area contributed by atoms with E-state index >= 15 is 0 Å². The Morgan fingerprint density at radius 2 is 2.15 bits per heavy atom. The Hall–Kier alpha value is -2.94. The smallest absolute Gasteiger partial charge is 0.341 e. The van der Waals surface area contributed by atoms with E-state index in [1.165, 1.54) is 23.5 Å². The molecule has 9 heteroatoms. The first-order valence-corrected chi connectivity index (χ1v) is 9.44. The molecule has 1 heterocycles. The fourth-order valence-electron chi connectivity index (χ4n) is 2.65. The molecule has 0 saturated heterocycles. The number of hydrogen-bond donors (Lipinski definition) is 2. The molecule has 142 valence electrons. The van der Waals surface area contributed by atoms with Gasteiger partial charge in [0, 0.05) is 17.8 Å². The van der Waals surface area contributed by atoms with E-state index in [0.717, 1.165) is 18.4 Å². The van der Waals surface area contributed by atoms with Crippen LogP contribution >= 0.6 is 11.3 Å². The summed E-state index contributed by atoms with van der Waals surface area (Å²) in [6, 6.07) is 5.91. The first kappa shape index (κ1) is 18.8. The summed E-state index contributed by atoms with van der Waals surface area (Å²) < 4.78 is 5.13. The van der Waals surface area contributed by atoms with Gasteiger partial charge in [0.2, 0.25) is 5.91 Å². The fourth-order valence-corrected chi connectivity index (χ4v) is 3.70. The van der Waals surface area contributed by atoms with Gasteiger partial charge in [-0.25, -0.2) is 4.79 Å². The van der Waals surface area contributed by atoms with Gasteiger partial charge in [-0.2, -0.15) is 0 Å². The number of hydrogen-bond acceptors (Lipinski definition) is 7. The Balaban J connectivity index is 1.66. The number of benzene rings is 1. The minimum absolute atomic E-state index is 0.0580. The highest BCUT2D eigenvalue weighted by Gasteiger charge is 2.32. The van der Waals surface area contributed by atoms with E-state index in [9.17, 15) is 19.7 Å². The zero-order valence-corrected chi connectivity index (χ0v) is 15.5. The molecule has 1 aliphatic rings. The minimum atomic E-state index is -0.498. The van der Waals surface area contributed by atoms with Crippen molar-refractivity contribution in [2.45, 2.75) is 25.7 Å². The summed E-state index contributed by atoms with van der Waals surface area (Å²) in [6.45, 7) is 1.92. The van der Waals surface area contributed by atoms with Crippen molar-refractivity contribution in [3.05, 3.63) is 50.9 Å². The number of amides is 1. The van der Waals surface area contributed by atoms with Crippen LogP contribution in [-0.4, -0.2) is 30.0 Å². The Morgan fingerprint density at radius 3 is 2.81 bits per heavy atom. The summed E-state index contributed by atoms with van der Waals surface area (Å²) >= 11 is 1.31. The fraction of sp³-hybridized carbons (Fsp3) is 0.333. The van der Waals surface area contributed by atoms with Crippen molar-refractivity contribution >= 4 is 39.6 Å². The molecule has 27 heavy (non-hydrogen) atoms. The molecule has 0 atom stereocenters. The van der Waals surface area contributed by atoms with E-state index in [2.05, 4.69) is 10.6 Å². The van der Waals surface area contributed by atoms with E-state index in [0.29, 0.717) is 22.2 Å². The number of nitrogens with zero attached hydrogens (tertiary/aromatic N) is 1. The first-order valence-electron chi connectivity index (χ1n) is 8.56. The van der Waals surface area contributed by atoms with Gasteiger partial charge >= 0.3 is 5.97 Å². The number of nitro benzene ring substituents is 1. The molecule has 1 amide bonds. The normalized spacial score (nSPS) is 13.1. The number of nitro groups is 1.